The van der Waals surface area contributed by atoms with Gasteiger partial charge in [0.2, 0.25) is 0 Å². The van der Waals surface area contributed by atoms with Gasteiger partial charge in [-0.1, -0.05) is 45.2 Å². The lowest BCUT2D eigenvalue weighted by Gasteiger charge is -2.18. The highest BCUT2D eigenvalue weighted by Crippen LogP contribution is 2.28. The Kier molecular flexibility index (Phi) is 5.68. The van der Waals surface area contributed by atoms with Gasteiger partial charge < -0.3 is 10.4 Å². The van der Waals surface area contributed by atoms with Gasteiger partial charge in [0.25, 0.3) is 0 Å². The van der Waals surface area contributed by atoms with Crippen molar-refractivity contribution in [2.45, 2.75) is 13.0 Å². The monoisotopic (exact) mass is 415 g/mol. The van der Waals surface area contributed by atoms with Crippen LogP contribution in [0.2, 0.25) is 10.0 Å². The van der Waals surface area contributed by atoms with Gasteiger partial charge in [0.1, 0.15) is 6.04 Å². The second-order valence-electron chi connectivity index (χ2n) is 4.88. The second kappa shape index (κ2) is 7.34. The topological polar surface area (TPSA) is 66.4 Å². The molecule has 120 valence electrons. The van der Waals surface area contributed by atoms with E-state index in [9.17, 15) is 9.59 Å². The molecule has 0 aromatic heterocycles. The van der Waals surface area contributed by atoms with E-state index < -0.39 is 12.1 Å². The summed E-state index contributed by atoms with van der Waals surface area (Å²) in [6.07, 6.45) is -1.30. The van der Waals surface area contributed by atoms with Gasteiger partial charge in [-0.2, -0.15) is 0 Å². The first-order chi connectivity index (χ1) is 10.8. The SMILES string of the molecule is Cc1cc(Br)ccc1C(=O)C(NC(=O)O)c1ccc(Cl)c(Cl)c1. The van der Waals surface area contributed by atoms with Crippen LogP contribution < -0.4 is 5.32 Å². The number of carbonyl (C=O) groups is 2. The minimum atomic E-state index is -1.30. The van der Waals surface area contributed by atoms with Crippen molar-refractivity contribution in [2.24, 2.45) is 0 Å². The van der Waals surface area contributed by atoms with Crippen LogP contribution in [0.15, 0.2) is 40.9 Å². The van der Waals surface area contributed by atoms with Crippen molar-refractivity contribution in [3.8, 4) is 0 Å². The number of hydrogen-bond donors (Lipinski definition) is 2. The molecule has 23 heavy (non-hydrogen) atoms. The Balaban J connectivity index is 2.47. The van der Waals surface area contributed by atoms with Crippen LogP contribution in [0, 0.1) is 6.92 Å². The first-order valence-corrected chi connectivity index (χ1v) is 8.09. The predicted molar refractivity (Wildman–Crippen MR) is 93.6 cm³/mol. The summed E-state index contributed by atoms with van der Waals surface area (Å²) in [6, 6.07) is 8.68. The zero-order chi connectivity index (χ0) is 17.1. The van der Waals surface area contributed by atoms with E-state index in [1.165, 1.54) is 12.1 Å². The highest BCUT2D eigenvalue weighted by atomic mass is 79.9. The van der Waals surface area contributed by atoms with Crippen LogP contribution in [0.1, 0.15) is 27.5 Å². The van der Waals surface area contributed by atoms with Gasteiger partial charge in [-0.3, -0.25) is 4.79 Å². The predicted octanol–water partition coefficient (Wildman–Crippen LogP) is 5.26. The van der Waals surface area contributed by atoms with E-state index in [0.29, 0.717) is 16.1 Å². The number of ketones is 1. The van der Waals surface area contributed by atoms with Crippen LogP contribution in [-0.2, 0) is 0 Å². The minimum Gasteiger partial charge on any atom is -0.465 e. The molecule has 0 bridgehead atoms. The number of hydrogen-bond acceptors (Lipinski definition) is 2. The van der Waals surface area contributed by atoms with Crippen LogP contribution in [-0.4, -0.2) is 17.0 Å². The third-order valence-electron chi connectivity index (χ3n) is 3.26. The standard InChI is InChI=1S/C16H12BrCl2NO3/c1-8-6-10(17)3-4-11(8)15(21)14(20-16(22)23)9-2-5-12(18)13(19)7-9/h2-7,14,20H,1H3,(H,22,23). The summed E-state index contributed by atoms with van der Waals surface area (Å²) in [6.45, 7) is 1.78. The van der Waals surface area contributed by atoms with E-state index in [2.05, 4.69) is 21.2 Å². The fourth-order valence-corrected chi connectivity index (χ4v) is 2.96. The van der Waals surface area contributed by atoms with Crippen LogP contribution in [0.5, 0.6) is 0 Å². The maximum atomic E-state index is 12.8. The lowest BCUT2D eigenvalue weighted by Crippen LogP contribution is -2.33. The molecule has 0 aliphatic rings. The highest BCUT2D eigenvalue weighted by Gasteiger charge is 2.25. The normalized spacial score (nSPS) is 11.8. The maximum Gasteiger partial charge on any atom is 0.405 e. The van der Waals surface area contributed by atoms with E-state index in [-0.39, 0.29) is 10.8 Å². The number of carboxylic acid groups (broad SMARTS) is 1. The van der Waals surface area contributed by atoms with E-state index in [1.807, 2.05) is 0 Å². The van der Waals surface area contributed by atoms with Gasteiger partial charge in [0.05, 0.1) is 10.0 Å². The number of benzene rings is 2. The Morgan fingerprint density at radius 3 is 2.39 bits per heavy atom. The third-order valence-corrected chi connectivity index (χ3v) is 4.49. The first-order valence-electron chi connectivity index (χ1n) is 6.54. The van der Waals surface area contributed by atoms with Crippen molar-refractivity contribution in [1.29, 1.82) is 0 Å². The summed E-state index contributed by atoms with van der Waals surface area (Å²) in [5, 5.41) is 11.9. The van der Waals surface area contributed by atoms with Crippen LogP contribution in [0.25, 0.3) is 0 Å². The Morgan fingerprint density at radius 2 is 1.83 bits per heavy atom. The van der Waals surface area contributed by atoms with Crippen molar-refractivity contribution in [2.75, 3.05) is 0 Å². The summed E-state index contributed by atoms with van der Waals surface area (Å²) in [4.78, 5) is 23.9. The molecule has 2 aromatic rings. The molecule has 0 fully saturated rings. The molecule has 2 aromatic carbocycles. The molecule has 1 unspecified atom stereocenters. The summed E-state index contributed by atoms with van der Waals surface area (Å²) >= 11 is 15.2. The van der Waals surface area contributed by atoms with E-state index in [1.54, 1.807) is 31.2 Å². The van der Waals surface area contributed by atoms with Crippen molar-refractivity contribution < 1.29 is 14.7 Å². The van der Waals surface area contributed by atoms with Crippen molar-refractivity contribution in [1.82, 2.24) is 5.32 Å². The van der Waals surface area contributed by atoms with E-state index >= 15 is 0 Å². The number of carbonyl (C=O) groups excluding carboxylic acids is 1. The second-order valence-corrected chi connectivity index (χ2v) is 6.61. The van der Waals surface area contributed by atoms with E-state index in [4.69, 9.17) is 28.3 Å². The maximum absolute atomic E-state index is 12.8. The molecule has 0 saturated carbocycles. The van der Waals surface area contributed by atoms with Crippen LogP contribution >= 0.6 is 39.1 Å². The first kappa shape index (κ1) is 17.8. The van der Waals surface area contributed by atoms with Gasteiger partial charge in [-0.25, -0.2) is 4.79 Å². The van der Waals surface area contributed by atoms with Crippen molar-refractivity contribution in [3.63, 3.8) is 0 Å². The summed E-state index contributed by atoms with van der Waals surface area (Å²) in [5.41, 5.74) is 1.59. The molecule has 0 spiro atoms. The van der Waals surface area contributed by atoms with Gasteiger partial charge in [0.15, 0.2) is 5.78 Å². The molecule has 2 N–H and O–H groups in total. The number of rotatable bonds is 4. The fourth-order valence-electron chi connectivity index (χ4n) is 2.17. The van der Waals surface area contributed by atoms with Gasteiger partial charge in [0, 0.05) is 10.0 Å². The quantitative estimate of drug-likeness (QED) is 0.668. The minimum absolute atomic E-state index is 0.252. The summed E-state index contributed by atoms with van der Waals surface area (Å²) in [7, 11) is 0. The number of amides is 1. The zero-order valence-corrected chi connectivity index (χ0v) is 15.0. The van der Waals surface area contributed by atoms with Gasteiger partial charge in [-0.05, 0) is 48.4 Å². The molecular formula is C16H12BrCl2NO3. The van der Waals surface area contributed by atoms with Gasteiger partial charge in [-0.15, -0.1) is 0 Å². The van der Waals surface area contributed by atoms with Gasteiger partial charge >= 0.3 is 6.09 Å². The molecule has 0 heterocycles. The Hall–Kier alpha value is -1.56. The van der Waals surface area contributed by atoms with Crippen molar-refractivity contribution in [3.05, 3.63) is 67.6 Å². The summed E-state index contributed by atoms with van der Waals surface area (Å²) < 4.78 is 0.837. The lowest BCUT2D eigenvalue weighted by atomic mass is 9.95. The Morgan fingerprint density at radius 1 is 1.13 bits per heavy atom. The highest BCUT2D eigenvalue weighted by molar-refractivity contribution is 9.10. The number of halogens is 3. The number of aryl methyl sites for hydroxylation is 1. The summed E-state index contributed by atoms with van der Waals surface area (Å²) in [5.74, 6) is -0.365. The largest absolute Gasteiger partial charge is 0.465 e. The van der Waals surface area contributed by atoms with Crippen LogP contribution in [0.3, 0.4) is 0 Å². The van der Waals surface area contributed by atoms with E-state index in [0.717, 1.165) is 10.0 Å². The molecule has 1 amide bonds. The molecule has 1 atom stereocenters. The molecule has 2 rings (SSSR count). The zero-order valence-electron chi connectivity index (χ0n) is 11.9. The average Bonchev–Trinajstić information content (AvgIpc) is 2.47. The Labute approximate surface area is 151 Å². The van der Waals surface area contributed by atoms with Crippen LogP contribution in [0.4, 0.5) is 4.79 Å². The number of Topliss-reactive ketones (excluding diaryl/α,β-unsaturated/α-hetero) is 1. The Bertz CT molecular complexity index is 780. The lowest BCUT2D eigenvalue weighted by molar-refractivity contribution is 0.0936. The smallest absolute Gasteiger partial charge is 0.405 e. The average molecular weight is 417 g/mol. The third kappa shape index (κ3) is 4.25. The molecule has 0 saturated heterocycles. The molecular weight excluding hydrogens is 405 g/mol. The molecule has 7 heteroatoms. The number of nitrogens with one attached hydrogen (secondary N) is 1. The molecule has 4 nitrogen and oxygen atoms in total. The van der Waals surface area contributed by atoms with Crippen molar-refractivity contribution >= 4 is 51.0 Å². The molecule has 0 radical (unpaired) electrons. The fraction of sp³-hybridized carbons (Fsp3) is 0.125. The molecule has 0 aliphatic heterocycles. The molecule has 0 aliphatic carbocycles.